The van der Waals surface area contributed by atoms with Crippen LogP contribution in [0, 0.1) is 5.82 Å². The van der Waals surface area contributed by atoms with Crippen molar-refractivity contribution in [2.24, 2.45) is 0 Å². The summed E-state index contributed by atoms with van der Waals surface area (Å²) in [5, 5.41) is 18.7. The maximum absolute atomic E-state index is 13.8. The van der Waals surface area contributed by atoms with Crippen molar-refractivity contribution < 1.29 is 38.2 Å². The number of piperidine rings is 2. The molecule has 3 aromatic carbocycles. The number of aromatic nitrogens is 2. The highest BCUT2D eigenvalue weighted by Gasteiger charge is 2.45. The summed E-state index contributed by atoms with van der Waals surface area (Å²) in [5.74, 6) is -1.13. The highest BCUT2D eigenvalue weighted by atomic mass is 35.5. The summed E-state index contributed by atoms with van der Waals surface area (Å²) in [6.07, 6.45) is 5.14. The van der Waals surface area contributed by atoms with Crippen LogP contribution >= 0.6 is 23.4 Å². The molecule has 2 unspecified atom stereocenters. The fourth-order valence-corrected chi connectivity index (χ4v) is 9.91. The number of benzene rings is 3. The molecule has 0 radical (unpaired) electrons. The summed E-state index contributed by atoms with van der Waals surface area (Å²) < 4.78 is 20.0. The molecule has 1 aromatic heterocycles. The summed E-state index contributed by atoms with van der Waals surface area (Å²) in [6.45, 7) is 9.66. The topological polar surface area (TPSA) is 190 Å². The number of hydrogen-bond donors (Lipinski definition) is 4. The van der Waals surface area contributed by atoms with Gasteiger partial charge >= 0.3 is 0 Å². The summed E-state index contributed by atoms with van der Waals surface area (Å²) >= 11 is 7.34. The van der Waals surface area contributed by atoms with E-state index in [-0.39, 0.29) is 34.9 Å². The first-order valence-electron chi connectivity index (χ1n) is 21.4. The summed E-state index contributed by atoms with van der Waals surface area (Å²) in [5.41, 5.74) is 2.06. The Bertz CT molecular complexity index is 2460. The first-order chi connectivity index (χ1) is 31.0. The number of aliphatic hydroxyl groups is 1. The van der Waals surface area contributed by atoms with Gasteiger partial charge < -0.3 is 35.6 Å². The predicted octanol–water partition coefficient (Wildman–Crippen LogP) is 5.04. The first-order valence-corrected chi connectivity index (χ1v) is 22.8. The van der Waals surface area contributed by atoms with Crippen molar-refractivity contribution in [2.75, 3.05) is 68.8 Å². The average Bonchev–Trinajstić information content (AvgIpc) is 3.55. The summed E-state index contributed by atoms with van der Waals surface area (Å²) in [4.78, 5) is 82.1. The van der Waals surface area contributed by atoms with Gasteiger partial charge in [-0.1, -0.05) is 24.2 Å². The van der Waals surface area contributed by atoms with Crippen LogP contribution in [0.15, 0.2) is 72.4 Å². The van der Waals surface area contributed by atoms with E-state index in [0.29, 0.717) is 76.7 Å². The fourth-order valence-electron chi connectivity index (χ4n) is 8.72. The zero-order chi connectivity index (χ0) is 44.9. The van der Waals surface area contributed by atoms with Crippen LogP contribution in [-0.4, -0.2) is 141 Å². The van der Waals surface area contributed by atoms with Crippen LogP contribution in [0.4, 0.5) is 21.6 Å². The molecule has 4 aromatic rings. The van der Waals surface area contributed by atoms with Gasteiger partial charge in [0.05, 0.1) is 34.0 Å². The van der Waals surface area contributed by atoms with E-state index >= 15 is 0 Å². The van der Waals surface area contributed by atoms with Gasteiger partial charge in [-0.15, -0.1) is 11.8 Å². The Labute approximate surface area is 378 Å². The predicted molar refractivity (Wildman–Crippen MR) is 240 cm³/mol. The Morgan fingerprint density at radius 3 is 2.55 bits per heavy atom. The van der Waals surface area contributed by atoms with Gasteiger partial charge in [-0.25, -0.2) is 14.4 Å². The van der Waals surface area contributed by atoms with Gasteiger partial charge in [0.25, 0.3) is 11.8 Å². The Morgan fingerprint density at radius 2 is 1.80 bits per heavy atom. The second kappa shape index (κ2) is 20.0. The summed E-state index contributed by atoms with van der Waals surface area (Å²) in [6, 6.07) is 12.3. The van der Waals surface area contributed by atoms with E-state index < -0.39 is 41.7 Å². The summed E-state index contributed by atoms with van der Waals surface area (Å²) in [7, 11) is 0. The van der Waals surface area contributed by atoms with Crippen molar-refractivity contribution in [2.45, 2.75) is 61.7 Å². The number of rotatable bonds is 15. The van der Waals surface area contributed by atoms with E-state index in [4.69, 9.17) is 16.3 Å². The molecule has 5 amide bonds. The number of aliphatic hydroxyl groups excluding tert-OH is 1. The van der Waals surface area contributed by atoms with Gasteiger partial charge in [0, 0.05) is 73.0 Å². The van der Waals surface area contributed by atoms with Crippen LogP contribution in [0.5, 0.6) is 5.75 Å². The zero-order valence-corrected chi connectivity index (χ0v) is 36.6. The maximum Gasteiger partial charge on any atom is 0.263 e. The number of carbonyl (C=O) groups excluding carboxylic acids is 5. The third-order valence-electron chi connectivity index (χ3n) is 12.1. The monoisotopic (exact) mass is 913 g/mol. The molecular formula is C45H49ClFN9O7S. The van der Waals surface area contributed by atoms with Gasteiger partial charge in [0.15, 0.2) is 0 Å². The number of carbonyl (C=O) groups is 5. The quantitative estimate of drug-likeness (QED) is 0.0538. The zero-order valence-electron chi connectivity index (χ0n) is 35.1. The molecule has 0 aliphatic carbocycles. The molecule has 3 fully saturated rings. The Balaban J connectivity index is 0.764. The first kappa shape index (κ1) is 44.9. The molecule has 0 bridgehead atoms. The van der Waals surface area contributed by atoms with E-state index in [2.05, 4.69) is 42.3 Å². The number of amides is 5. The van der Waals surface area contributed by atoms with Gasteiger partial charge in [-0.2, -0.15) is 0 Å². The van der Waals surface area contributed by atoms with E-state index in [9.17, 15) is 33.5 Å². The SMILES string of the molecule is C=CC(=O)Nc1cc2c(Nc3ccc(F)c(Cl)c3)ncnc2cc1OCCCN1CCC(N2CCN(C(=O)CCSc3cccc4c3C(=O)N(C3CCC(O)NC3=O)C4=O)CC2)CC1. The molecule has 64 heavy (non-hydrogen) atoms. The average molecular weight is 914 g/mol. The Morgan fingerprint density at radius 1 is 1.00 bits per heavy atom. The highest BCUT2D eigenvalue weighted by Crippen LogP contribution is 2.36. The number of hydrogen-bond acceptors (Lipinski definition) is 13. The van der Waals surface area contributed by atoms with Crippen LogP contribution in [0.3, 0.4) is 0 Å². The number of nitrogens with one attached hydrogen (secondary N) is 3. The molecule has 0 saturated carbocycles. The molecule has 4 N–H and O–H groups in total. The minimum Gasteiger partial charge on any atom is -0.491 e. The molecular weight excluding hydrogens is 865 g/mol. The smallest absolute Gasteiger partial charge is 0.263 e. The number of likely N-dealkylation sites (tertiary alicyclic amines) is 1. The lowest BCUT2D eigenvalue weighted by molar-refractivity contribution is -0.133. The molecule has 16 nitrogen and oxygen atoms in total. The van der Waals surface area contributed by atoms with E-state index in [1.165, 1.54) is 36.3 Å². The lowest BCUT2D eigenvalue weighted by atomic mass is 10.0. The number of thioether (sulfide) groups is 1. The second-order valence-electron chi connectivity index (χ2n) is 16.1. The highest BCUT2D eigenvalue weighted by molar-refractivity contribution is 7.99. The standard InChI is InChI=1S/C45H49ClFN9O7S/c1-2-38(57)51-34-24-30-33(48-26-49-42(30)50-27-7-8-32(47)31(46)23-27)25-36(34)63-21-4-14-53-15-11-28(12-16-53)54-17-19-55(20-18-54)40(59)13-22-64-37-6-3-5-29-41(37)45(62)56(44(29)61)35-9-10-39(58)52-43(35)60/h2-3,5-8,23-26,28,35,39,58H,1,4,9-22H2,(H,51,57)(H,52,60)(H,48,49,50). The van der Waals surface area contributed by atoms with Gasteiger partial charge in [0.2, 0.25) is 17.7 Å². The normalized spacial score (nSPS) is 19.7. The van der Waals surface area contributed by atoms with Gasteiger partial charge in [-0.3, -0.25) is 33.8 Å². The molecule has 336 valence electrons. The number of imide groups is 1. The number of piperazine rings is 1. The third kappa shape index (κ3) is 10.0. The molecule has 8 rings (SSSR count). The maximum atomic E-state index is 13.8. The second-order valence-corrected chi connectivity index (χ2v) is 17.6. The molecule has 3 saturated heterocycles. The molecule has 0 spiro atoms. The van der Waals surface area contributed by atoms with Crippen LogP contribution in [-0.2, 0) is 14.4 Å². The van der Waals surface area contributed by atoms with E-state index in [1.807, 2.05) is 4.90 Å². The lowest BCUT2D eigenvalue weighted by Crippen LogP contribution is -2.55. The van der Waals surface area contributed by atoms with Gasteiger partial charge in [0.1, 0.15) is 36.0 Å². The van der Waals surface area contributed by atoms with Crippen LogP contribution in [0.2, 0.25) is 5.02 Å². The van der Waals surface area contributed by atoms with Crippen molar-refractivity contribution in [3.8, 4) is 5.75 Å². The van der Waals surface area contributed by atoms with Crippen LogP contribution < -0.4 is 20.7 Å². The lowest BCUT2D eigenvalue weighted by Gasteiger charge is -2.42. The van der Waals surface area contributed by atoms with E-state index in [1.54, 1.807) is 36.4 Å². The van der Waals surface area contributed by atoms with Crippen molar-refractivity contribution in [3.63, 3.8) is 0 Å². The minimum absolute atomic E-state index is 0.0295. The number of nitrogens with zero attached hydrogens (tertiary/aromatic N) is 6. The Hall–Kier alpha value is -5.66. The van der Waals surface area contributed by atoms with Crippen molar-refractivity contribution in [1.29, 1.82) is 0 Å². The minimum atomic E-state index is -0.994. The number of ether oxygens (including phenoxy) is 1. The molecule has 19 heteroatoms. The number of anilines is 3. The van der Waals surface area contributed by atoms with E-state index in [0.717, 1.165) is 56.9 Å². The molecule has 5 heterocycles. The number of fused-ring (bicyclic) bond motifs is 2. The van der Waals surface area contributed by atoms with Gasteiger partial charge in [-0.05, 0) is 87.7 Å². The van der Waals surface area contributed by atoms with Crippen molar-refractivity contribution in [3.05, 3.63) is 89.5 Å². The van der Waals surface area contributed by atoms with Crippen LogP contribution in [0.25, 0.3) is 10.9 Å². The fraction of sp³-hybridized carbons (Fsp3) is 0.400. The molecule has 4 aliphatic rings. The Kier molecular flexibility index (Phi) is 14.1. The molecule has 2 atom stereocenters. The van der Waals surface area contributed by atoms with Crippen LogP contribution in [0.1, 0.15) is 59.2 Å². The number of halogens is 2. The third-order valence-corrected chi connectivity index (χ3v) is 13.4. The van der Waals surface area contributed by atoms with Crippen molar-refractivity contribution >= 4 is 81.0 Å². The largest absolute Gasteiger partial charge is 0.491 e. The van der Waals surface area contributed by atoms with Crippen molar-refractivity contribution in [1.82, 2.24) is 34.9 Å². The molecule has 4 aliphatic heterocycles.